The quantitative estimate of drug-likeness (QED) is 0.609. The molecule has 0 atom stereocenters. The smallest absolute Gasteiger partial charge is 0.0642 e. The van der Waals surface area contributed by atoms with E-state index in [0.29, 0.717) is 6.54 Å². The van der Waals surface area contributed by atoms with E-state index in [1.807, 2.05) is 13.0 Å². The van der Waals surface area contributed by atoms with E-state index in [9.17, 15) is 0 Å². The lowest BCUT2D eigenvalue weighted by Crippen LogP contribution is -2.36. The van der Waals surface area contributed by atoms with E-state index in [1.54, 1.807) is 0 Å². The first-order chi connectivity index (χ1) is 10.5. The number of hydrogen-bond donors (Lipinski definition) is 0. The van der Waals surface area contributed by atoms with Crippen LogP contribution >= 0.6 is 0 Å². The average molecular weight is 298 g/mol. The van der Waals surface area contributed by atoms with Gasteiger partial charge in [0.1, 0.15) is 0 Å². The van der Waals surface area contributed by atoms with Crippen molar-refractivity contribution < 1.29 is 4.74 Å². The maximum absolute atomic E-state index is 5.46. The third-order valence-corrected chi connectivity index (χ3v) is 4.00. The van der Waals surface area contributed by atoms with Crippen molar-refractivity contribution in [2.24, 2.45) is 4.99 Å². The SMILES string of the molecule is C=CC/N=C(/C)c1cc(N2CCOCC2)c(C)cc1C(=C)C. The molecule has 118 valence electrons. The molecule has 1 saturated heterocycles. The number of allylic oxidation sites excluding steroid dienone is 1. The highest BCUT2D eigenvalue weighted by molar-refractivity contribution is 6.03. The van der Waals surface area contributed by atoms with Crippen LogP contribution in [0.4, 0.5) is 5.69 Å². The number of morpholine rings is 1. The van der Waals surface area contributed by atoms with E-state index in [-0.39, 0.29) is 0 Å². The zero-order valence-electron chi connectivity index (χ0n) is 14.0. The van der Waals surface area contributed by atoms with Crippen LogP contribution in [0.2, 0.25) is 0 Å². The summed E-state index contributed by atoms with van der Waals surface area (Å²) in [5.74, 6) is 0. The molecule has 1 aromatic rings. The van der Waals surface area contributed by atoms with Crippen molar-refractivity contribution in [3.05, 3.63) is 48.1 Å². The van der Waals surface area contributed by atoms with Gasteiger partial charge in [-0.3, -0.25) is 4.99 Å². The lowest BCUT2D eigenvalue weighted by atomic mass is 9.94. The molecule has 0 radical (unpaired) electrons. The van der Waals surface area contributed by atoms with Gasteiger partial charge in [0.15, 0.2) is 0 Å². The van der Waals surface area contributed by atoms with Crippen LogP contribution in [-0.2, 0) is 4.74 Å². The van der Waals surface area contributed by atoms with Crippen LogP contribution in [0.3, 0.4) is 0 Å². The van der Waals surface area contributed by atoms with Crippen molar-refractivity contribution in [1.82, 2.24) is 0 Å². The molecule has 1 fully saturated rings. The Morgan fingerprint density at radius 1 is 1.27 bits per heavy atom. The van der Waals surface area contributed by atoms with Gasteiger partial charge in [0.2, 0.25) is 0 Å². The van der Waals surface area contributed by atoms with Crippen molar-refractivity contribution in [3.63, 3.8) is 0 Å². The summed E-state index contributed by atoms with van der Waals surface area (Å²) in [5.41, 5.74) is 7.00. The van der Waals surface area contributed by atoms with Crippen molar-refractivity contribution >= 4 is 17.0 Å². The Labute approximate surface area is 134 Å². The molecule has 0 amide bonds. The molecule has 1 heterocycles. The summed E-state index contributed by atoms with van der Waals surface area (Å²) >= 11 is 0. The molecule has 1 aromatic carbocycles. The number of hydrogen-bond acceptors (Lipinski definition) is 3. The highest BCUT2D eigenvalue weighted by Gasteiger charge is 2.17. The topological polar surface area (TPSA) is 24.8 Å². The predicted octanol–water partition coefficient (Wildman–Crippen LogP) is 3.86. The van der Waals surface area contributed by atoms with Gasteiger partial charge in [0.25, 0.3) is 0 Å². The largest absolute Gasteiger partial charge is 0.378 e. The van der Waals surface area contributed by atoms with Crippen LogP contribution in [0.1, 0.15) is 30.5 Å². The Balaban J connectivity index is 2.48. The van der Waals surface area contributed by atoms with Gasteiger partial charge in [-0.25, -0.2) is 0 Å². The Bertz CT molecular complexity index is 596. The van der Waals surface area contributed by atoms with Gasteiger partial charge in [0.05, 0.1) is 19.8 Å². The lowest BCUT2D eigenvalue weighted by Gasteiger charge is -2.31. The molecule has 1 aliphatic rings. The first kappa shape index (κ1) is 16.5. The average Bonchev–Trinajstić information content (AvgIpc) is 2.53. The minimum Gasteiger partial charge on any atom is -0.378 e. The number of aliphatic imine (C=N–C) groups is 1. The maximum atomic E-state index is 5.46. The second kappa shape index (κ2) is 7.41. The van der Waals surface area contributed by atoms with Crippen LogP contribution < -0.4 is 4.90 Å². The number of anilines is 1. The second-order valence-electron chi connectivity index (χ2n) is 5.78. The van der Waals surface area contributed by atoms with Crippen LogP contribution in [0, 0.1) is 6.92 Å². The number of benzene rings is 1. The molecule has 2 rings (SSSR count). The highest BCUT2D eigenvalue weighted by atomic mass is 16.5. The number of nitrogens with zero attached hydrogens (tertiary/aromatic N) is 2. The van der Waals surface area contributed by atoms with Gasteiger partial charge < -0.3 is 9.64 Å². The molecule has 3 nitrogen and oxygen atoms in total. The summed E-state index contributed by atoms with van der Waals surface area (Å²) in [4.78, 5) is 6.98. The Hall–Kier alpha value is -1.87. The van der Waals surface area contributed by atoms with Gasteiger partial charge in [-0.15, -0.1) is 6.58 Å². The van der Waals surface area contributed by atoms with Crippen molar-refractivity contribution in [1.29, 1.82) is 0 Å². The van der Waals surface area contributed by atoms with Crippen LogP contribution in [-0.4, -0.2) is 38.6 Å². The van der Waals surface area contributed by atoms with Crippen LogP contribution in [0.25, 0.3) is 5.57 Å². The van der Waals surface area contributed by atoms with E-state index in [2.05, 4.69) is 49.0 Å². The summed E-state index contributed by atoms with van der Waals surface area (Å²) in [6.07, 6.45) is 1.82. The van der Waals surface area contributed by atoms with Gasteiger partial charge in [-0.2, -0.15) is 0 Å². The zero-order valence-corrected chi connectivity index (χ0v) is 14.0. The first-order valence-electron chi connectivity index (χ1n) is 7.80. The van der Waals surface area contributed by atoms with Gasteiger partial charge in [-0.1, -0.05) is 18.2 Å². The summed E-state index contributed by atoms with van der Waals surface area (Å²) < 4.78 is 5.46. The summed E-state index contributed by atoms with van der Waals surface area (Å²) in [7, 11) is 0. The molecule has 0 bridgehead atoms. The summed E-state index contributed by atoms with van der Waals surface area (Å²) in [5, 5.41) is 0. The van der Waals surface area contributed by atoms with Crippen molar-refractivity contribution in [2.75, 3.05) is 37.7 Å². The fraction of sp³-hybridized carbons (Fsp3) is 0.421. The van der Waals surface area contributed by atoms with Gasteiger partial charge >= 0.3 is 0 Å². The minimum atomic E-state index is 0.641. The van der Waals surface area contributed by atoms with E-state index in [0.717, 1.165) is 37.6 Å². The fourth-order valence-corrected chi connectivity index (χ4v) is 2.78. The van der Waals surface area contributed by atoms with Crippen molar-refractivity contribution in [3.8, 4) is 0 Å². The molecule has 0 saturated carbocycles. The first-order valence-corrected chi connectivity index (χ1v) is 7.80. The molecule has 0 aliphatic carbocycles. The summed E-state index contributed by atoms with van der Waals surface area (Å²) in [6.45, 7) is 18.2. The van der Waals surface area contributed by atoms with Gasteiger partial charge in [0, 0.05) is 30.1 Å². The lowest BCUT2D eigenvalue weighted by molar-refractivity contribution is 0.122. The molecule has 22 heavy (non-hydrogen) atoms. The molecule has 0 spiro atoms. The standard InChI is InChI=1S/C19H26N2O/c1-6-7-20-16(5)18-13-19(21-8-10-22-11-9-21)15(4)12-17(18)14(2)3/h6,12-13H,1-2,7-11H2,3-5H3/b20-16-. The molecule has 1 aliphatic heterocycles. The van der Waals surface area contributed by atoms with Crippen LogP contribution in [0.15, 0.2) is 36.4 Å². The highest BCUT2D eigenvalue weighted by Crippen LogP contribution is 2.29. The number of aryl methyl sites for hydroxylation is 1. The van der Waals surface area contributed by atoms with E-state index < -0.39 is 0 Å². The Kier molecular flexibility index (Phi) is 5.56. The monoisotopic (exact) mass is 298 g/mol. The molecular formula is C19H26N2O. The Morgan fingerprint density at radius 2 is 1.95 bits per heavy atom. The molecule has 0 N–H and O–H groups in total. The fourth-order valence-electron chi connectivity index (χ4n) is 2.78. The number of ether oxygens (including phenoxy) is 1. The molecular weight excluding hydrogens is 272 g/mol. The van der Waals surface area contributed by atoms with E-state index >= 15 is 0 Å². The Morgan fingerprint density at radius 3 is 2.55 bits per heavy atom. The van der Waals surface area contributed by atoms with Crippen molar-refractivity contribution in [2.45, 2.75) is 20.8 Å². The predicted molar refractivity (Wildman–Crippen MR) is 96.2 cm³/mol. The number of rotatable bonds is 5. The van der Waals surface area contributed by atoms with E-state index in [4.69, 9.17) is 4.74 Å². The second-order valence-corrected chi connectivity index (χ2v) is 5.78. The minimum absolute atomic E-state index is 0.641. The molecule has 0 unspecified atom stereocenters. The third kappa shape index (κ3) is 3.66. The third-order valence-electron chi connectivity index (χ3n) is 4.00. The van der Waals surface area contributed by atoms with Crippen LogP contribution in [0.5, 0.6) is 0 Å². The maximum Gasteiger partial charge on any atom is 0.0642 e. The molecule has 0 aromatic heterocycles. The molecule has 3 heteroatoms. The zero-order chi connectivity index (χ0) is 16.1. The van der Waals surface area contributed by atoms with E-state index in [1.165, 1.54) is 22.4 Å². The summed E-state index contributed by atoms with van der Waals surface area (Å²) in [6, 6.07) is 4.49. The van der Waals surface area contributed by atoms with Gasteiger partial charge in [-0.05, 0) is 44.0 Å². The normalized spacial score (nSPS) is 15.8.